The number of aromatic hydroxyl groups is 1. The van der Waals surface area contributed by atoms with Gasteiger partial charge < -0.3 is 14.6 Å². The molecule has 6 heteroatoms. The number of halogens is 3. The van der Waals surface area contributed by atoms with Gasteiger partial charge in [-0.05, 0) is 49.4 Å². The molecule has 2 aromatic rings. The second-order valence-corrected chi connectivity index (χ2v) is 6.47. The van der Waals surface area contributed by atoms with Gasteiger partial charge in [0.1, 0.15) is 0 Å². The van der Waals surface area contributed by atoms with Crippen LogP contribution in [0.5, 0.6) is 17.2 Å². The summed E-state index contributed by atoms with van der Waals surface area (Å²) in [5.74, 6) is -3.99. The molecule has 0 aromatic heterocycles. The van der Waals surface area contributed by atoms with Gasteiger partial charge in [0, 0.05) is 11.1 Å². The fraction of sp³-hybridized carbons (Fsp3) is 0.400. The number of hydrogen-bond donors (Lipinski definition) is 1. The number of rotatable bonds is 8. The van der Waals surface area contributed by atoms with Gasteiger partial charge in [0.2, 0.25) is 11.6 Å². The Morgan fingerprint density at radius 1 is 0.923 bits per heavy atom. The lowest BCUT2D eigenvalue weighted by Crippen LogP contribution is -2.03. The molecule has 3 rings (SSSR count). The summed E-state index contributed by atoms with van der Waals surface area (Å²) in [4.78, 5) is 0. The van der Waals surface area contributed by atoms with Crippen molar-refractivity contribution in [2.75, 3.05) is 13.2 Å². The number of benzene rings is 2. The molecular formula is C20H21F3O3. The van der Waals surface area contributed by atoms with Gasteiger partial charge in [-0.15, -0.1) is 0 Å². The molecule has 0 spiro atoms. The molecule has 1 fully saturated rings. The smallest absolute Gasteiger partial charge is 0.207 e. The van der Waals surface area contributed by atoms with E-state index in [0.717, 1.165) is 25.7 Å². The van der Waals surface area contributed by atoms with Crippen molar-refractivity contribution in [3.63, 3.8) is 0 Å². The second kappa shape index (κ2) is 7.89. The lowest BCUT2D eigenvalue weighted by Gasteiger charge is -2.13. The van der Waals surface area contributed by atoms with Crippen molar-refractivity contribution in [3.8, 4) is 28.4 Å². The fourth-order valence-electron chi connectivity index (χ4n) is 2.54. The molecule has 0 bridgehead atoms. The molecule has 0 amide bonds. The number of hydrogen-bond acceptors (Lipinski definition) is 3. The zero-order chi connectivity index (χ0) is 18.7. The maximum atomic E-state index is 14.4. The molecule has 1 N–H and O–H groups in total. The highest BCUT2D eigenvalue weighted by molar-refractivity contribution is 5.72. The largest absolute Gasteiger partial charge is 0.504 e. The van der Waals surface area contributed by atoms with Gasteiger partial charge in [0.25, 0.3) is 0 Å². The van der Waals surface area contributed by atoms with Crippen LogP contribution in [0.25, 0.3) is 11.1 Å². The van der Waals surface area contributed by atoms with Crippen molar-refractivity contribution in [3.05, 3.63) is 41.7 Å². The van der Waals surface area contributed by atoms with E-state index < -0.39 is 23.2 Å². The first-order valence-corrected chi connectivity index (χ1v) is 8.78. The highest BCUT2D eigenvalue weighted by atomic mass is 19.2. The Bertz CT molecular complexity index is 788. The zero-order valence-electron chi connectivity index (χ0n) is 14.5. The van der Waals surface area contributed by atoms with E-state index in [1.165, 1.54) is 24.3 Å². The summed E-state index contributed by atoms with van der Waals surface area (Å²) < 4.78 is 53.5. The van der Waals surface area contributed by atoms with Crippen LogP contribution in [0.2, 0.25) is 0 Å². The molecule has 1 aliphatic rings. The first kappa shape index (κ1) is 18.4. The van der Waals surface area contributed by atoms with Crippen molar-refractivity contribution in [2.45, 2.75) is 32.6 Å². The highest BCUT2D eigenvalue weighted by Crippen LogP contribution is 2.40. The topological polar surface area (TPSA) is 38.7 Å². The van der Waals surface area contributed by atoms with Gasteiger partial charge in [-0.25, -0.2) is 4.39 Å². The molecule has 0 saturated heterocycles. The van der Waals surface area contributed by atoms with Gasteiger partial charge in [-0.1, -0.05) is 13.3 Å². The molecule has 0 heterocycles. The fourth-order valence-corrected chi connectivity index (χ4v) is 2.54. The molecule has 1 saturated carbocycles. The van der Waals surface area contributed by atoms with E-state index in [4.69, 9.17) is 9.47 Å². The summed E-state index contributed by atoms with van der Waals surface area (Å²) in [5.41, 5.74) is -0.381. The Balaban J connectivity index is 1.85. The molecule has 2 aromatic carbocycles. The summed E-state index contributed by atoms with van der Waals surface area (Å²) in [5, 5.41) is 10.1. The van der Waals surface area contributed by atoms with Crippen molar-refractivity contribution in [2.24, 2.45) is 5.92 Å². The van der Waals surface area contributed by atoms with Crippen molar-refractivity contribution >= 4 is 0 Å². The van der Waals surface area contributed by atoms with Crippen molar-refractivity contribution < 1.29 is 27.8 Å². The summed E-state index contributed by atoms with van der Waals surface area (Å²) in [6.45, 7) is 2.61. The maximum Gasteiger partial charge on any atom is 0.207 e. The summed E-state index contributed by atoms with van der Waals surface area (Å²) >= 11 is 0. The molecule has 26 heavy (non-hydrogen) atoms. The minimum absolute atomic E-state index is 0.0986. The molecule has 1 aliphatic carbocycles. The van der Waals surface area contributed by atoms with Crippen LogP contribution in [-0.4, -0.2) is 18.3 Å². The monoisotopic (exact) mass is 366 g/mol. The van der Waals surface area contributed by atoms with Gasteiger partial charge in [-0.2, -0.15) is 8.78 Å². The van der Waals surface area contributed by atoms with Gasteiger partial charge in [-0.3, -0.25) is 0 Å². The Morgan fingerprint density at radius 2 is 1.58 bits per heavy atom. The van der Waals surface area contributed by atoms with Crippen LogP contribution in [0.3, 0.4) is 0 Å². The Kier molecular flexibility index (Phi) is 5.59. The molecular weight excluding hydrogens is 345 g/mol. The van der Waals surface area contributed by atoms with Crippen molar-refractivity contribution in [1.29, 1.82) is 0 Å². The van der Waals surface area contributed by atoms with Crippen LogP contribution in [0.4, 0.5) is 13.2 Å². The molecule has 140 valence electrons. The lowest BCUT2D eigenvalue weighted by atomic mass is 10.0. The molecule has 0 unspecified atom stereocenters. The third-order valence-electron chi connectivity index (χ3n) is 4.34. The van der Waals surface area contributed by atoms with E-state index in [1.54, 1.807) is 0 Å². The Labute approximate surface area is 150 Å². The number of unbranched alkanes of at least 4 members (excludes halogenated alkanes) is 1. The van der Waals surface area contributed by atoms with Gasteiger partial charge in [0.15, 0.2) is 23.1 Å². The van der Waals surface area contributed by atoms with Crippen LogP contribution in [-0.2, 0) is 0 Å². The predicted octanol–water partition coefficient (Wildman–Crippen LogP) is 5.44. The van der Waals surface area contributed by atoms with E-state index in [1.807, 2.05) is 6.92 Å². The number of phenols is 1. The van der Waals surface area contributed by atoms with E-state index in [-0.39, 0.29) is 29.2 Å². The quantitative estimate of drug-likeness (QED) is 0.632. The number of ether oxygens (including phenoxy) is 2. The summed E-state index contributed by atoms with van der Waals surface area (Å²) in [6.07, 6.45) is 3.67. The normalized spacial score (nSPS) is 13.7. The molecule has 0 atom stereocenters. The average Bonchev–Trinajstić information content (AvgIpc) is 3.45. The third kappa shape index (κ3) is 3.89. The summed E-state index contributed by atoms with van der Waals surface area (Å²) in [7, 11) is 0. The first-order chi connectivity index (χ1) is 12.5. The average molecular weight is 366 g/mol. The van der Waals surface area contributed by atoms with Crippen molar-refractivity contribution in [1.82, 2.24) is 0 Å². The van der Waals surface area contributed by atoms with E-state index in [2.05, 4.69) is 0 Å². The Hall–Kier alpha value is -2.37. The van der Waals surface area contributed by atoms with E-state index in [0.29, 0.717) is 12.5 Å². The SMILES string of the molecule is CCCCOc1ccc(-c2ccc(OCC3CC3)c(F)c2O)c(F)c1F. The van der Waals surface area contributed by atoms with Gasteiger partial charge in [0.05, 0.1) is 13.2 Å². The van der Waals surface area contributed by atoms with E-state index in [9.17, 15) is 18.3 Å². The standard InChI is InChI=1S/C20H21F3O3/c1-2-3-10-25-15-8-6-13(17(21)18(15)22)14-7-9-16(19(23)20(14)24)26-11-12-4-5-12/h6-9,12,24H,2-5,10-11H2,1H3. The minimum atomic E-state index is -1.19. The molecule has 3 nitrogen and oxygen atoms in total. The van der Waals surface area contributed by atoms with Crippen LogP contribution >= 0.6 is 0 Å². The number of phenolic OH excluding ortho intramolecular Hbond substituents is 1. The molecule has 0 radical (unpaired) electrons. The van der Waals surface area contributed by atoms with Crippen LogP contribution in [0, 0.1) is 23.4 Å². The predicted molar refractivity (Wildman–Crippen MR) is 92.0 cm³/mol. The Morgan fingerprint density at radius 3 is 2.23 bits per heavy atom. The van der Waals surface area contributed by atoms with Crippen LogP contribution in [0.1, 0.15) is 32.6 Å². The van der Waals surface area contributed by atoms with Crippen LogP contribution < -0.4 is 9.47 Å². The molecule has 0 aliphatic heterocycles. The lowest BCUT2D eigenvalue weighted by molar-refractivity contribution is 0.280. The maximum absolute atomic E-state index is 14.4. The van der Waals surface area contributed by atoms with Gasteiger partial charge >= 0.3 is 0 Å². The first-order valence-electron chi connectivity index (χ1n) is 8.78. The zero-order valence-corrected chi connectivity index (χ0v) is 14.5. The highest BCUT2D eigenvalue weighted by Gasteiger charge is 2.24. The summed E-state index contributed by atoms with van der Waals surface area (Å²) in [6, 6.07) is 5.17. The third-order valence-corrected chi connectivity index (χ3v) is 4.34. The van der Waals surface area contributed by atoms with Crippen LogP contribution in [0.15, 0.2) is 24.3 Å². The van der Waals surface area contributed by atoms with E-state index >= 15 is 0 Å². The second-order valence-electron chi connectivity index (χ2n) is 6.47. The minimum Gasteiger partial charge on any atom is -0.504 e.